The maximum absolute atomic E-state index is 6.47. The zero-order valence-electron chi connectivity index (χ0n) is 15.0. The van der Waals surface area contributed by atoms with Gasteiger partial charge in [0.1, 0.15) is 0 Å². The largest absolute Gasteiger partial charge is 0.0837 e. The van der Waals surface area contributed by atoms with Crippen molar-refractivity contribution in [2.75, 3.05) is 0 Å². The van der Waals surface area contributed by atoms with Gasteiger partial charge in [-0.05, 0) is 53.6 Å². The van der Waals surface area contributed by atoms with Gasteiger partial charge in [0.05, 0.1) is 0 Å². The quantitative estimate of drug-likeness (QED) is 0.508. The molecule has 0 heterocycles. The Morgan fingerprint density at radius 1 is 0.720 bits per heavy atom. The number of halogens is 2. The summed E-state index contributed by atoms with van der Waals surface area (Å²) < 4.78 is 0. The Labute approximate surface area is 160 Å². The van der Waals surface area contributed by atoms with Crippen molar-refractivity contribution in [1.82, 2.24) is 0 Å². The molecule has 2 aliphatic carbocycles. The van der Waals surface area contributed by atoms with Crippen LogP contribution in [0.4, 0.5) is 0 Å². The predicted molar refractivity (Wildman–Crippen MR) is 109 cm³/mol. The molecular formula is C23H22Cl2. The SMILES string of the molecule is CC1=Cc2c(Cl)cccc2C1C(C)(C)C1C(C)=Cc2c(Cl)cccc21. The van der Waals surface area contributed by atoms with Gasteiger partial charge in [-0.15, -0.1) is 0 Å². The first-order valence-corrected chi connectivity index (χ1v) is 9.51. The third-order valence-electron chi connectivity index (χ3n) is 5.94. The Bertz CT molecular complexity index is 856. The Morgan fingerprint density at radius 3 is 1.52 bits per heavy atom. The highest BCUT2D eigenvalue weighted by Crippen LogP contribution is 2.59. The third kappa shape index (κ3) is 2.42. The van der Waals surface area contributed by atoms with Crippen LogP contribution in [-0.2, 0) is 0 Å². The number of hydrogen-bond donors (Lipinski definition) is 0. The molecule has 2 atom stereocenters. The second kappa shape index (κ2) is 5.76. The smallest absolute Gasteiger partial charge is 0.0481 e. The minimum atomic E-state index is 0.0209. The van der Waals surface area contributed by atoms with E-state index in [4.69, 9.17) is 23.2 Å². The van der Waals surface area contributed by atoms with Crippen molar-refractivity contribution in [2.45, 2.75) is 39.5 Å². The molecule has 2 aromatic carbocycles. The maximum atomic E-state index is 6.47. The highest BCUT2D eigenvalue weighted by molar-refractivity contribution is 6.32. The lowest BCUT2D eigenvalue weighted by Gasteiger charge is -2.41. The van der Waals surface area contributed by atoms with E-state index in [0.717, 1.165) is 10.0 Å². The monoisotopic (exact) mass is 368 g/mol. The molecule has 0 saturated carbocycles. The van der Waals surface area contributed by atoms with Gasteiger partial charge in [-0.1, -0.05) is 84.6 Å². The van der Waals surface area contributed by atoms with Gasteiger partial charge in [-0.2, -0.15) is 0 Å². The number of fused-ring (bicyclic) bond motifs is 2. The molecule has 2 unspecified atom stereocenters. The van der Waals surface area contributed by atoms with E-state index < -0.39 is 0 Å². The third-order valence-corrected chi connectivity index (χ3v) is 6.60. The molecule has 0 amide bonds. The van der Waals surface area contributed by atoms with E-state index in [1.54, 1.807) is 0 Å². The Morgan fingerprint density at radius 2 is 1.12 bits per heavy atom. The second-order valence-electron chi connectivity index (χ2n) is 7.95. The number of rotatable bonds is 2. The van der Waals surface area contributed by atoms with Gasteiger partial charge < -0.3 is 0 Å². The Hall–Kier alpha value is -1.50. The van der Waals surface area contributed by atoms with Gasteiger partial charge in [-0.3, -0.25) is 0 Å². The summed E-state index contributed by atoms with van der Waals surface area (Å²) >= 11 is 12.9. The van der Waals surface area contributed by atoms with Crippen molar-refractivity contribution < 1.29 is 0 Å². The summed E-state index contributed by atoms with van der Waals surface area (Å²) in [6, 6.07) is 12.6. The minimum Gasteiger partial charge on any atom is -0.0837 e. The molecule has 0 nitrogen and oxygen atoms in total. The van der Waals surface area contributed by atoms with Crippen LogP contribution < -0.4 is 0 Å². The first-order valence-electron chi connectivity index (χ1n) is 8.75. The van der Waals surface area contributed by atoms with E-state index in [1.165, 1.54) is 33.4 Å². The standard InChI is InChI=1S/C23H22Cl2/c1-13-11-17-15(7-5-9-19(17)24)21(13)23(3,4)22-14(2)12-18-16(22)8-6-10-20(18)25/h5-12,21-22H,1-4H3. The summed E-state index contributed by atoms with van der Waals surface area (Å²) in [5.41, 5.74) is 7.85. The lowest BCUT2D eigenvalue weighted by atomic mass is 9.63. The van der Waals surface area contributed by atoms with Crippen molar-refractivity contribution in [2.24, 2.45) is 5.41 Å². The van der Waals surface area contributed by atoms with Gasteiger partial charge >= 0.3 is 0 Å². The summed E-state index contributed by atoms with van der Waals surface area (Å²) in [5.74, 6) is 0.693. The minimum absolute atomic E-state index is 0.0209. The molecule has 0 bridgehead atoms. The van der Waals surface area contributed by atoms with Crippen LogP contribution in [0.2, 0.25) is 10.0 Å². The average molecular weight is 369 g/mol. The summed E-state index contributed by atoms with van der Waals surface area (Å²) in [5, 5.41) is 1.69. The molecule has 2 aliphatic rings. The molecule has 0 spiro atoms. The lowest BCUT2D eigenvalue weighted by molar-refractivity contribution is 0.275. The number of hydrogen-bond acceptors (Lipinski definition) is 0. The van der Waals surface area contributed by atoms with Crippen LogP contribution in [0, 0.1) is 5.41 Å². The molecule has 0 saturated heterocycles. The molecule has 0 aliphatic heterocycles. The fourth-order valence-electron chi connectivity index (χ4n) is 5.17. The number of allylic oxidation sites excluding steroid dienone is 2. The molecule has 25 heavy (non-hydrogen) atoms. The van der Waals surface area contributed by atoms with Crippen LogP contribution >= 0.6 is 23.2 Å². The van der Waals surface area contributed by atoms with Gasteiger partial charge in [0.15, 0.2) is 0 Å². The second-order valence-corrected chi connectivity index (χ2v) is 8.76. The molecular weight excluding hydrogens is 347 g/mol. The summed E-state index contributed by atoms with van der Waals surface area (Å²) in [7, 11) is 0. The molecule has 0 aromatic heterocycles. The lowest BCUT2D eigenvalue weighted by Crippen LogP contribution is -2.29. The average Bonchev–Trinajstić information content (AvgIpc) is 3.06. The maximum Gasteiger partial charge on any atom is 0.0481 e. The van der Waals surface area contributed by atoms with Gasteiger partial charge in [0.2, 0.25) is 0 Å². The summed E-state index contributed by atoms with van der Waals surface area (Å²) in [6.45, 7) is 9.22. The first-order chi connectivity index (χ1) is 11.8. The molecule has 128 valence electrons. The first kappa shape index (κ1) is 16.9. The molecule has 4 rings (SSSR count). The van der Waals surface area contributed by atoms with Crippen molar-refractivity contribution in [3.05, 3.63) is 79.8 Å². The van der Waals surface area contributed by atoms with Crippen molar-refractivity contribution in [3.8, 4) is 0 Å². The summed E-state index contributed by atoms with van der Waals surface area (Å²) in [4.78, 5) is 0. The van der Waals surface area contributed by atoms with Gasteiger partial charge in [0, 0.05) is 21.9 Å². The molecule has 2 heteroatoms. The van der Waals surface area contributed by atoms with Gasteiger partial charge in [-0.25, -0.2) is 0 Å². The van der Waals surface area contributed by atoms with Crippen molar-refractivity contribution in [1.29, 1.82) is 0 Å². The van der Waals surface area contributed by atoms with Crippen LogP contribution in [0.1, 0.15) is 61.8 Å². The predicted octanol–water partition coefficient (Wildman–Crippen LogP) is 7.72. The fraction of sp³-hybridized carbons (Fsp3) is 0.304. The van der Waals surface area contributed by atoms with Crippen LogP contribution in [0.25, 0.3) is 12.2 Å². The van der Waals surface area contributed by atoms with Crippen molar-refractivity contribution >= 4 is 35.4 Å². The molecule has 0 fully saturated rings. The van der Waals surface area contributed by atoms with Crippen LogP contribution in [-0.4, -0.2) is 0 Å². The van der Waals surface area contributed by atoms with Crippen molar-refractivity contribution in [3.63, 3.8) is 0 Å². The van der Waals surface area contributed by atoms with Gasteiger partial charge in [0.25, 0.3) is 0 Å². The highest BCUT2D eigenvalue weighted by Gasteiger charge is 2.45. The Kier molecular flexibility index (Phi) is 3.90. The van der Waals surface area contributed by atoms with E-state index in [2.05, 4.69) is 64.1 Å². The highest BCUT2D eigenvalue weighted by atomic mass is 35.5. The van der Waals surface area contributed by atoms with E-state index in [1.807, 2.05) is 12.1 Å². The molecule has 0 N–H and O–H groups in total. The van der Waals surface area contributed by atoms with E-state index in [-0.39, 0.29) is 5.41 Å². The van der Waals surface area contributed by atoms with E-state index >= 15 is 0 Å². The Balaban J connectivity index is 1.86. The molecule has 2 aromatic rings. The van der Waals surface area contributed by atoms with Crippen LogP contribution in [0.15, 0.2) is 47.5 Å². The van der Waals surface area contributed by atoms with E-state index in [9.17, 15) is 0 Å². The normalized spacial score (nSPS) is 21.7. The van der Waals surface area contributed by atoms with Crippen LogP contribution in [0.3, 0.4) is 0 Å². The topological polar surface area (TPSA) is 0 Å². The summed E-state index contributed by atoms with van der Waals surface area (Å²) in [6.07, 6.45) is 4.52. The number of benzene rings is 2. The fourth-order valence-corrected chi connectivity index (χ4v) is 5.64. The zero-order chi connectivity index (χ0) is 17.9. The molecule has 0 radical (unpaired) electrons. The van der Waals surface area contributed by atoms with Crippen LogP contribution in [0.5, 0.6) is 0 Å². The van der Waals surface area contributed by atoms with E-state index in [0.29, 0.717) is 11.8 Å². The zero-order valence-corrected chi connectivity index (χ0v) is 16.5.